The van der Waals surface area contributed by atoms with Gasteiger partial charge < -0.3 is 9.64 Å². The van der Waals surface area contributed by atoms with Crippen molar-refractivity contribution in [3.8, 4) is 17.1 Å². The minimum Gasteiger partial charge on any atom is -0.473 e. The van der Waals surface area contributed by atoms with Gasteiger partial charge >= 0.3 is 0 Å². The SMILES string of the molecule is Cc1nn(C)cc1-c1ccc(OC2CC3(CCN(CC4CC5C=CC4C5)CC3)C2)nn1. The highest BCUT2D eigenvalue weighted by molar-refractivity contribution is 5.60. The molecule has 2 saturated carbocycles. The molecular formula is C25H33N5O. The molecule has 6 rings (SSSR count). The van der Waals surface area contributed by atoms with Crippen molar-refractivity contribution in [2.45, 2.75) is 51.6 Å². The lowest BCUT2D eigenvalue weighted by Gasteiger charge is -2.52. The molecule has 0 aromatic carbocycles. The maximum Gasteiger partial charge on any atom is 0.233 e. The van der Waals surface area contributed by atoms with Crippen LogP contribution in [0, 0.1) is 30.1 Å². The van der Waals surface area contributed by atoms with Crippen LogP contribution in [0.3, 0.4) is 0 Å². The number of nitrogens with zero attached hydrogens (tertiary/aromatic N) is 5. The summed E-state index contributed by atoms with van der Waals surface area (Å²) < 4.78 is 7.97. The first-order valence-electron chi connectivity index (χ1n) is 12.0. The number of aromatic nitrogens is 4. The van der Waals surface area contributed by atoms with Gasteiger partial charge in [-0.1, -0.05) is 12.2 Å². The molecule has 2 aromatic heterocycles. The smallest absolute Gasteiger partial charge is 0.233 e. The van der Waals surface area contributed by atoms with Crippen LogP contribution in [0.4, 0.5) is 0 Å². The average molecular weight is 420 g/mol. The Balaban J connectivity index is 0.982. The van der Waals surface area contributed by atoms with Crippen LogP contribution in [0.2, 0.25) is 0 Å². The van der Waals surface area contributed by atoms with Gasteiger partial charge in [0.15, 0.2) is 0 Å². The lowest BCUT2D eigenvalue weighted by molar-refractivity contribution is -0.0592. The Morgan fingerprint density at radius 3 is 2.55 bits per heavy atom. The monoisotopic (exact) mass is 419 g/mol. The van der Waals surface area contributed by atoms with Crippen molar-refractivity contribution < 1.29 is 4.74 Å². The van der Waals surface area contributed by atoms with Crippen molar-refractivity contribution in [3.05, 3.63) is 36.2 Å². The summed E-state index contributed by atoms with van der Waals surface area (Å²) in [5, 5.41) is 13.1. The maximum atomic E-state index is 6.16. The molecule has 3 unspecified atom stereocenters. The molecule has 6 nitrogen and oxygen atoms in total. The van der Waals surface area contributed by atoms with Crippen LogP contribution in [0.25, 0.3) is 11.3 Å². The Morgan fingerprint density at radius 1 is 1.10 bits per heavy atom. The molecule has 2 bridgehead atoms. The van der Waals surface area contributed by atoms with Gasteiger partial charge in [-0.2, -0.15) is 5.10 Å². The van der Waals surface area contributed by atoms with Crippen LogP contribution < -0.4 is 4.74 Å². The van der Waals surface area contributed by atoms with E-state index in [4.69, 9.17) is 4.74 Å². The molecule has 4 aliphatic rings. The summed E-state index contributed by atoms with van der Waals surface area (Å²) >= 11 is 0. The first kappa shape index (κ1) is 19.5. The van der Waals surface area contributed by atoms with Gasteiger partial charge in [-0.3, -0.25) is 4.68 Å². The molecule has 2 aromatic rings. The second-order valence-corrected chi connectivity index (χ2v) is 10.5. The fourth-order valence-corrected chi connectivity index (χ4v) is 6.59. The Morgan fingerprint density at radius 2 is 1.94 bits per heavy atom. The van der Waals surface area contributed by atoms with Crippen LogP contribution in [0.1, 0.15) is 44.2 Å². The third-order valence-corrected chi connectivity index (χ3v) is 8.36. The summed E-state index contributed by atoms with van der Waals surface area (Å²) in [6.45, 7) is 5.85. The molecule has 1 aliphatic heterocycles. The molecule has 0 amide bonds. The highest BCUT2D eigenvalue weighted by atomic mass is 16.5. The van der Waals surface area contributed by atoms with E-state index in [0.29, 0.717) is 17.4 Å². The zero-order valence-electron chi connectivity index (χ0n) is 18.7. The van der Waals surface area contributed by atoms with E-state index in [-0.39, 0.29) is 0 Å². The Hall–Kier alpha value is -2.21. The van der Waals surface area contributed by atoms with Crippen molar-refractivity contribution in [1.82, 2.24) is 24.9 Å². The standard InChI is InChI=1S/C25H33N5O/c1-17-22(16-29(2)28-17)23-5-6-24(27-26-23)31-21-13-25(14-21)7-9-30(10-8-25)15-20-12-18-3-4-19(20)11-18/h3-6,16,18-21H,7-15H2,1-2H3. The van der Waals surface area contributed by atoms with Gasteiger partial charge in [0.1, 0.15) is 6.10 Å². The van der Waals surface area contributed by atoms with E-state index in [2.05, 4.69) is 32.3 Å². The van der Waals surface area contributed by atoms with Crippen molar-refractivity contribution in [1.29, 1.82) is 0 Å². The molecule has 3 atom stereocenters. The van der Waals surface area contributed by atoms with E-state index in [0.717, 1.165) is 34.7 Å². The lowest BCUT2D eigenvalue weighted by atomic mass is 9.61. The highest BCUT2D eigenvalue weighted by Crippen LogP contribution is 2.51. The molecule has 31 heavy (non-hydrogen) atoms. The van der Waals surface area contributed by atoms with Gasteiger partial charge in [-0.05, 0) is 87.8 Å². The number of piperidine rings is 1. The largest absolute Gasteiger partial charge is 0.473 e. The molecule has 3 aliphatic carbocycles. The van der Waals surface area contributed by atoms with Crippen molar-refractivity contribution in [2.75, 3.05) is 19.6 Å². The topological polar surface area (TPSA) is 56.1 Å². The summed E-state index contributed by atoms with van der Waals surface area (Å²) in [7, 11) is 1.92. The predicted octanol–water partition coefficient (Wildman–Crippen LogP) is 4.02. The van der Waals surface area contributed by atoms with Crippen molar-refractivity contribution >= 4 is 0 Å². The van der Waals surface area contributed by atoms with Crippen LogP contribution in [0.5, 0.6) is 5.88 Å². The van der Waals surface area contributed by atoms with Crippen LogP contribution in [0.15, 0.2) is 30.5 Å². The second kappa shape index (κ2) is 7.44. The molecule has 3 heterocycles. The van der Waals surface area contributed by atoms with E-state index in [1.165, 1.54) is 58.2 Å². The maximum absolute atomic E-state index is 6.16. The molecule has 6 heteroatoms. The minimum atomic E-state index is 0.294. The van der Waals surface area contributed by atoms with E-state index in [1.807, 2.05) is 37.0 Å². The number of ether oxygens (including phenoxy) is 1. The first-order chi connectivity index (χ1) is 15.1. The number of aryl methyl sites for hydroxylation is 2. The van der Waals surface area contributed by atoms with E-state index in [1.54, 1.807) is 0 Å². The Labute approximate surface area is 184 Å². The third-order valence-electron chi connectivity index (χ3n) is 8.36. The quantitative estimate of drug-likeness (QED) is 0.685. The van der Waals surface area contributed by atoms with Gasteiger partial charge in [0, 0.05) is 31.4 Å². The summed E-state index contributed by atoms with van der Waals surface area (Å²) in [6, 6.07) is 3.94. The molecule has 1 saturated heterocycles. The molecular weight excluding hydrogens is 386 g/mol. The molecule has 1 spiro atoms. The van der Waals surface area contributed by atoms with Gasteiger partial charge in [0.05, 0.1) is 11.4 Å². The highest BCUT2D eigenvalue weighted by Gasteiger charge is 2.47. The zero-order chi connectivity index (χ0) is 21.0. The van der Waals surface area contributed by atoms with Gasteiger partial charge in [-0.25, -0.2) is 0 Å². The normalized spacial score (nSPS) is 29.5. The molecule has 3 fully saturated rings. The lowest BCUT2D eigenvalue weighted by Crippen LogP contribution is -2.51. The average Bonchev–Trinajstić information content (AvgIpc) is 3.44. The van der Waals surface area contributed by atoms with Gasteiger partial charge in [0.25, 0.3) is 0 Å². The number of fused-ring (bicyclic) bond motifs is 2. The molecule has 0 radical (unpaired) electrons. The zero-order valence-corrected chi connectivity index (χ0v) is 18.7. The Kier molecular flexibility index (Phi) is 4.67. The minimum absolute atomic E-state index is 0.294. The molecule has 164 valence electrons. The summed E-state index contributed by atoms with van der Waals surface area (Å²) in [5.74, 6) is 3.32. The predicted molar refractivity (Wildman–Crippen MR) is 120 cm³/mol. The van der Waals surface area contributed by atoms with E-state index < -0.39 is 0 Å². The second-order valence-electron chi connectivity index (χ2n) is 10.5. The van der Waals surface area contributed by atoms with Crippen molar-refractivity contribution in [3.63, 3.8) is 0 Å². The van der Waals surface area contributed by atoms with Gasteiger partial charge in [-0.15, -0.1) is 10.2 Å². The number of rotatable bonds is 5. The van der Waals surface area contributed by atoms with E-state index in [9.17, 15) is 0 Å². The van der Waals surface area contributed by atoms with Crippen LogP contribution >= 0.6 is 0 Å². The van der Waals surface area contributed by atoms with Crippen LogP contribution in [-0.4, -0.2) is 50.6 Å². The first-order valence-corrected chi connectivity index (χ1v) is 12.0. The number of hydrogen-bond acceptors (Lipinski definition) is 5. The summed E-state index contributed by atoms with van der Waals surface area (Å²) in [6.07, 6.45) is 15.1. The fraction of sp³-hybridized carbons (Fsp3) is 0.640. The van der Waals surface area contributed by atoms with Crippen LogP contribution in [-0.2, 0) is 7.05 Å². The number of hydrogen-bond donors (Lipinski definition) is 0. The summed E-state index contributed by atoms with van der Waals surface area (Å²) in [5.41, 5.74) is 3.35. The fourth-order valence-electron chi connectivity index (χ4n) is 6.59. The van der Waals surface area contributed by atoms with Crippen molar-refractivity contribution in [2.24, 2.45) is 30.2 Å². The Bertz CT molecular complexity index is 964. The molecule has 0 N–H and O–H groups in total. The summed E-state index contributed by atoms with van der Waals surface area (Å²) in [4.78, 5) is 2.74. The van der Waals surface area contributed by atoms with Gasteiger partial charge in [0.2, 0.25) is 5.88 Å². The number of allylic oxidation sites excluding steroid dienone is 2. The number of likely N-dealkylation sites (tertiary alicyclic amines) is 1. The third kappa shape index (κ3) is 3.69. The van der Waals surface area contributed by atoms with E-state index >= 15 is 0 Å².